The topological polar surface area (TPSA) is 44.8 Å². The highest BCUT2D eigenvalue weighted by Crippen LogP contribution is 2.48. The molecule has 0 spiro atoms. The molecule has 3 heterocycles. The number of alkyl halides is 3. The maximum atomic E-state index is 13.5. The van der Waals surface area contributed by atoms with E-state index >= 15 is 0 Å². The van der Waals surface area contributed by atoms with E-state index in [4.69, 9.17) is 14.2 Å². The van der Waals surface area contributed by atoms with Gasteiger partial charge in [-0.05, 0) is 40.9 Å². The standard InChI is InChI=1S/C16H11Br2F3O4/c17-6-4-8-11(22)10-13(24-12(8)9(18)5-6)7-2-1-3-23-15(7)25-14(10)16(19,20)21/h4-5,7,13,15H,1-3H2/t7-,13-,15+/m0/s1. The number of fused-ring (bicyclic) bond motifs is 4. The van der Waals surface area contributed by atoms with Crippen LogP contribution >= 0.6 is 31.9 Å². The van der Waals surface area contributed by atoms with Gasteiger partial charge in [0.2, 0.25) is 12.0 Å². The second-order valence-corrected chi connectivity index (χ2v) is 7.81. The normalized spacial score (nSPS) is 28.5. The average Bonchev–Trinajstić information content (AvgIpc) is 2.54. The Morgan fingerprint density at radius 3 is 2.64 bits per heavy atom. The molecule has 25 heavy (non-hydrogen) atoms. The Hall–Kier alpha value is -1.06. The van der Waals surface area contributed by atoms with E-state index in [0.717, 1.165) is 0 Å². The van der Waals surface area contributed by atoms with Gasteiger partial charge in [-0.2, -0.15) is 13.2 Å². The minimum absolute atomic E-state index is 0.0630. The molecule has 0 amide bonds. The third-order valence-electron chi connectivity index (χ3n) is 4.47. The lowest BCUT2D eigenvalue weighted by Crippen LogP contribution is -2.51. The summed E-state index contributed by atoms with van der Waals surface area (Å²) < 4.78 is 57.9. The number of Topliss-reactive ketones (excluding diaryl/α,β-unsaturated/α-hetero) is 1. The molecular weight excluding hydrogens is 473 g/mol. The molecule has 0 aromatic heterocycles. The van der Waals surface area contributed by atoms with Gasteiger partial charge in [0.15, 0.2) is 5.78 Å². The number of carbonyl (C=O) groups is 1. The maximum Gasteiger partial charge on any atom is 0.449 e. The van der Waals surface area contributed by atoms with Crippen molar-refractivity contribution in [1.82, 2.24) is 0 Å². The fraction of sp³-hybridized carbons (Fsp3) is 0.438. The summed E-state index contributed by atoms with van der Waals surface area (Å²) in [6.45, 7) is 0.315. The van der Waals surface area contributed by atoms with Crippen LogP contribution < -0.4 is 4.74 Å². The van der Waals surface area contributed by atoms with Crippen LogP contribution in [0.1, 0.15) is 23.2 Å². The van der Waals surface area contributed by atoms with Gasteiger partial charge in [-0.15, -0.1) is 0 Å². The molecule has 1 saturated heterocycles. The van der Waals surface area contributed by atoms with Crippen molar-refractivity contribution in [2.75, 3.05) is 6.61 Å². The average molecular weight is 484 g/mol. The van der Waals surface area contributed by atoms with Crippen molar-refractivity contribution in [1.29, 1.82) is 0 Å². The second kappa shape index (κ2) is 5.99. The molecule has 3 atom stereocenters. The molecule has 0 unspecified atom stereocenters. The summed E-state index contributed by atoms with van der Waals surface area (Å²) >= 11 is 6.55. The zero-order valence-electron chi connectivity index (χ0n) is 12.5. The number of hydrogen-bond donors (Lipinski definition) is 0. The molecule has 0 bridgehead atoms. The quantitative estimate of drug-likeness (QED) is 0.534. The van der Waals surface area contributed by atoms with Gasteiger partial charge in [0, 0.05) is 4.47 Å². The maximum absolute atomic E-state index is 13.5. The second-order valence-electron chi connectivity index (χ2n) is 6.04. The third kappa shape index (κ3) is 2.80. The summed E-state index contributed by atoms with van der Waals surface area (Å²) in [6, 6.07) is 3.13. The first-order chi connectivity index (χ1) is 11.8. The molecule has 1 fully saturated rings. The minimum Gasteiger partial charge on any atom is -0.483 e. The Morgan fingerprint density at radius 1 is 1.16 bits per heavy atom. The SMILES string of the molecule is O=C1C2=C(C(F)(F)F)O[C@H]3OCCC[C@H]3[C@@H]2Oc2c(Br)cc(Br)cc21. The number of halogens is 5. The van der Waals surface area contributed by atoms with Crippen LogP contribution in [0.15, 0.2) is 32.4 Å². The molecular formula is C16H11Br2F3O4. The van der Waals surface area contributed by atoms with E-state index in [2.05, 4.69) is 31.9 Å². The number of ketones is 1. The lowest BCUT2D eigenvalue weighted by molar-refractivity contribution is -0.236. The minimum atomic E-state index is -4.81. The van der Waals surface area contributed by atoms with E-state index in [1.165, 1.54) is 6.07 Å². The van der Waals surface area contributed by atoms with Crippen LogP contribution in [0.3, 0.4) is 0 Å². The fourth-order valence-corrected chi connectivity index (χ4v) is 4.75. The Morgan fingerprint density at radius 2 is 1.92 bits per heavy atom. The van der Waals surface area contributed by atoms with Gasteiger partial charge in [0.1, 0.15) is 11.9 Å². The van der Waals surface area contributed by atoms with Gasteiger partial charge >= 0.3 is 6.18 Å². The highest BCUT2D eigenvalue weighted by Gasteiger charge is 2.55. The first-order valence-corrected chi connectivity index (χ1v) is 9.16. The summed E-state index contributed by atoms with van der Waals surface area (Å²) in [7, 11) is 0. The Balaban J connectivity index is 1.92. The monoisotopic (exact) mass is 482 g/mol. The van der Waals surface area contributed by atoms with E-state index in [-0.39, 0.29) is 11.3 Å². The summed E-state index contributed by atoms with van der Waals surface area (Å²) in [5.74, 6) is -2.27. The van der Waals surface area contributed by atoms with E-state index in [1.807, 2.05) is 0 Å². The number of hydrogen-bond acceptors (Lipinski definition) is 4. The Kier molecular flexibility index (Phi) is 4.16. The van der Waals surface area contributed by atoms with Crippen molar-refractivity contribution in [2.45, 2.75) is 31.4 Å². The molecule has 4 rings (SSSR count). The largest absolute Gasteiger partial charge is 0.483 e. The van der Waals surface area contributed by atoms with Gasteiger partial charge in [-0.1, -0.05) is 15.9 Å². The van der Waals surface area contributed by atoms with Crippen molar-refractivity contribution in [3.05, 3.63) is 38.0 Å². The fourth-order valence-electron chi connectivity index (χ4n) is 3.44. The molecule has 4 nitrogen and oxygen atoms in total. The molecule has 9 heteroatoms. The molecule has 3 aliphatic rings. The van der Waals surface area contributed by atoms with Gasteiger partial charge in [-0.25, -0.2) is 0 Å². The Labute approximate surface area is 157 Å². The Bertz CT molecular complexity index is 790. The lowest BCUT2D eigenvalue weighted by Gasteiger charge is -2.44. The first kappa shape index (κ1) is 17.4. The summed E-state index contributed by atoms with van der Waals surface area (Å²) in [6.07, 6.45) is -5.70. The highest BCUT2D eigenvalue weighted by molar-refractivity contribution is 9.11. The van der Waals surface area contributed by atoms with E-state index in [9.17, 15) is 18.0 Å². The van der Waals surface area contributed by atoms with Crippen molar-refractivity contribution in [2.24, 2.45) is 5.92 Å². The van der Waals surface area contributed by atoms with Crippen molar-refractivity contribution in [3.63, 3.8) is 0 Å². The number of carbonyl (C=O) groups excluding carboxylic acids is 1. The van der Waals surface area contributed by atoms with Gasteiger partial charge in [0.25, 0.3) is 0 Å². The van der Waals surface area contributed by atoms with E-state index in [0.29, 0.717) is 28.4 Å². The highest BCUT2D eigenvalue weighted by atomic mass is 79.9. The van der Waals surface area contributed by atoms with Crippen LogP contribution in [0, 0.1) is 5.92 Å². The van der Waals surface area contributed by atoms with Crippen LogP contribution in [0.5, 0.6) is 5.75 Å². The van der Waals surface area contributed by atoms with Crippen LogP contribution in [0.4, 0.5) is 13.2 Å². The van der Waals surface area contributed by atoms with Crippen LogP contribution in [0.25, 0.3) is 0 Å². The molecule has 3 aliphatic heterocycles. The smallest absolute Gasteiger partial charge is 0.449 e. The molecule has 0 N–H and O–H groups in total. The molecule has 0 saturated carbocycles. The number of benzene rings is 1. The summed E-state index contributed by atoms with van der Waals surface area (Å²) in [5, 5.41) is 0. The molecule has 134 valence electrons. The van der Waals surface area contributed by atoms with E-state index < -0.39 is 41.6 Å². The van der Waals surface area contributed by atoms with Crippen LogP contribution in [-0.2, 0) is 9.47 Å². The molecule has 0 radical (unpaired) electrons. The number of allylic oxidation sites excluding steroid dienone is 1. The summed E-state index contributed by atoms with van der Waals surface area (Å²) in [4.78, 5) is 12.9. The van der Waals surface area contributed by atoms with Crippen molar-refractivity contribution < 1.29 is 32.2 Å². The number of rotatable bonds is 0. The first-order valence-electron chi connectivity index (χ1n) is 7.57. The van der Waals surface area contributed by atoms with Gasteiger partial charge < -0.3 is 14.2 Å². The zero-order valence-corrected chi connectivity index (χ0v) is 15.7. The third-order valence-corrected chi connectivity index (χ3v) is 5.51. The molecule has 0 aliphatic carbocycles. The van der Waals surface area contributed by atoms with Crippen LogP contribution in [0.2, 0.25) is 0 Å². The number of ether oxygens (including phenoxy) is 3. The van der Waals surface area contributed by atoms with Crippen molar-refractivity contribution in [3.8, 4) is 5.75 Å². The van der Waals surface area contributed by atoms with Crippen molar-refractivity contribution >= 4 is 37.6 Å². The molecule has 1 aromatic carbocycles. The van der Waals surface area contributed by atoms with Gasteiger partial charge in [0.05, 0.1) is 28.1 Å². The van der Waals surface area contributed by atoms with Gasteiger partial charge in [-0.3, -0.25) is 4.79 Å². The predicted octanol–water partition coefficient (Wildman–Crippen LogP) is 4.75. The lowest BCUT2D eigenvalue weighted by atomic mass is 9.81. The summed E-state index contributed by atoms with van der Waals surface area (Å²) in [5.41, 5.74) is -0.412. The predicted molar refractivity (Wildman–Crippen MR) is 87.2 cm³/mol. The van der Waals surface area contributed by atoms with E-state index in [1.54, 1.807) is 6.07 Å². The van der Waals surface area contributed by atoms with Crippen LogP contribution in [-0.4, -0.2) is 31.0 Å². The molecule has 1 aromatic rings. The zero-order chi connectivity index (χ0) is 17.9.